The fourth-order valence-electron chi connectivity index (χ4n) is 3.07. The Hall–Kier alpha value is 0.0700. The maximum absolute atomic E-state index is 12.3. The van der Waals surface area contributed by atoms with Crippen LogP contribution in [0.4, 0.5) is 0 Å². The molecule has 2 heterocycles. The lowest BCUT2D eigenvalue weighted by molar-refractivity contribution is -0.140. The second-order valence-electron chi connectivity index (χ2n) is 5.15. The van der Waals surface area contributed by atoms with Gasteiger partial charge in [0, 0.05) is 36.7 Å². The summed E-state index contributed by atoms with van der Waals surface area (Å²) in [6.45, 7) is 2.79. The molecule has 0 aromatic heterocycles. The van der Waals surface area contributed by atoms with E-state index in [1.54, 1.807) is 0 Å². The molecule has 1 amide bonds. The Bertz CT molecular complexity index is 284. The molecule has 17 heavy (non-hydrogen) atoms. The molecule has 0 radical (unpaired) electrons. The average Bonchev–Trinajstić information content (AvgIpc) is 2.26. The minimum Gasteiger partial charge on any atom is -0.337 e. The van der Waals surface area contributed by atoms with Gasteiger partial charge >= 0.3 is 0 Å². The van der Waals surface area contributed by atoms with Gasteiger partial charge in [0.2, 0.25) is 5.91 Å². The standard InChI is InChI=1S/C12H20N2OS.ClH/c15-12(9-7-13-8-9)14-5-6-16-11-4-2-1-3-10(11)14;/h9-11,13H,1-8H2;1H. The van der Waals surface area contributed by atoms with Crippen molar-refractivity contribution in [3.8, 4) is 0 Å². The first kappa shape index (κ1) is 13.5. The van der Waals surface area contributed by atoms with Crippen molar-refractivity contribution in [1.82, 2.24) is 10.2 Å². The van der Waals surface area contributed by atoms with E-state index in [1.807, 2.05) is 0 Å². The van der Waals surface area contributed by atoms with Gasteiger partial charge in [0.05, 0.1) is 5.92 Å². The van der Waals surface area contributed by atoms with E-state index in [1.165, 1.54) is 25.7 Å². The second-order valence-corrected chi connectivity index (χ2v) is 6.49. The quantitative estimate of drug-likeness (QED) is 0.788. The van der Waals surface area contributed by atoms with Gasteiger partial charge < -0.3 is 10.2 Å². The fraction of sp³-hybridized carbons (Fsp3) is 0.917. The number of carbonyl (C=O) groups is 1. The highest BCUT2D eigenvalue weighted by atomic mass is 35.5. The predicted molar refractivity (Wildman–Crippen MR) is 73.8 cm³/mol. The van der Waals surface area contributed by atoms with Gasteiger partial charge in [-0.3, -0.25) is 4.79 Å². The third-order valence-corrected chi connectivity index (χ3v) is 5.54. The largest absolute Gasteiger partial charge is 0.337 e. The van der Waals surface area contributed by atoms with E-state index in [2.05, 4.69) is 22.0 Å². The van der Waals surface area contributed by atoms with Crippen LogP contribution in [0.15, 0.2) is 0 Å². The predicted octanol–water partition coefficient (Wildman–Crippen LogP) is 1.51. The lowest BCUT2D eigenvalue weighted by Crippen LogP contribution is -2.58. The topological polar surface area (TPSA) is 32.3 Å². The highest BCUT2D eigenvalue weighted by Crippen LogP contribution is 2.36. The zero-order valence-corrected chi connectivity index (χ0v) is 11.7. The van der Waals surface area contributed by atoms with Crippen LogP contribution in [0.5, 0.6) is 0 Å². The minimum atomic E-state index is 0. The molecular weight excluding hydrogens is 256 g/mol. The van der Waals surface area contributed by atoms with Crippen LogP contribution in [0.25, 0.3) is 0 Å². The van der Waals surface area contributed by atoms with Crippen LogP contribution in [-0.2, 0) is 4.79 Å². The molecule has 3 nitrogen and oxygen atoms in total. The zero-order valence-electron chi connectivity index (χ0n) is 10.1. The van der Waals surface area contributed by atoms with Gasteiger partial charge in [-0.15, -0.1) is 12.4 Å². The lowest BCUT2D eigenvalue weighted by atomic mass is 9.91. The molecule has 5 heteroatoms. The molecule has 1 aliphatic carbocycles. The van der Waals surface area contributed by atoms with Crippen LogP contribution >= 0.6 is 24.2 Å². The van der Waals surface area contributed by atoms with Crippen molar-refractivity contribution in [3.63, 3.8) is 0 Å². The summed E-state index contributed by atoms with van der Waals surface area (Å²) in [5.74, 6) is 1.86. The summed E-state index contributed by atoms with van der Waals surface area (Å²) in [5.41, 5.74) is 0. The summed E-state index contributed by atoms with van der Waals surface area (Å²) in [6.07, 6.45) is 5.24. The second kappa shape index (κ2) is 5.81. The molecule has 1 N–H and O–H groups in total. The summed E-state index contributed by atoms with van der Waals surface area (Å²) in [5, 5.41) is 3.94. The minimum absolute atomic E-state index is 0. The van der Waals surface area contributed by atoms with Crippen molar-refractivity contribution in [2.45, 2.75) is 37.0 Å². The van der Waals surface area contributed by atoms with E-state index in [0.29, 0.717) is 11.9 Å². The van der Waals surface area contributed by atoms with Crippen LogP contribution in [0.2, 0.25) is 0 Å². The zero-order chi connectivity index (χ0) is 11.0. The molecule has 3 fully saturated rings. The van der Waals surface area contributed by atoms with Crippen molar-refractivity contribution < 1.29 is 4.79 Å². The molecule has 0 spiro atoms. The Morgan fingerprint density at radius 3 is 2.71 bits per heavy atom. The Morgan fingerprint density at radius 1 is 1.24 bits per heavy atom. The van der Waals surface area contributed by atoms with Crippen molar-refractivity contribution in [1.29, 1.82) is 0 Å². The first-order valence-corrected chi connectivity index (χ1v) is 7.54. The number of hydrogen-bond acceptors (Lipinski definition) is 3. The van der Waals surface area contributed by atoms with Gasteiger partial charge in [-0.05, 0) is 12.8 Å². The summed E-state index contributed by atoms with van der Waals surface area (Å²) in [7, 11) is 0. The summed E-state index contributed by atoms with van der Waals surface area (Å²) in [6, 6.07) is 0.556. The maximum atomic E-state index is 12.3. The molecule has 0 aromatic carbocycles. The molecule has 3 rings (SSSR count). The molecule has 0 bridgehead atoms. The number of thioether (sulfide) groups is 1. The molecule has 2 atom stereocenters. The smallest absolute Gasteiger partial charge is 0.228 e. The number of rotatable bonds is 1. The van der Waals surface area contributed by atoms with Crippen LogP contribution in [0, 0.1) is 5.92 Å². The van der Waals surface area contributed by atoms with Gasteiger partial charge in [-0.25, -0.2) is 0 Å². The SMILES string of the molecule is Cl.O=C(C1CNC1)N1CCSC2CCCCC21. The van der Waals surface area contributed by atoms with Crippen LogP contribution in [0.1, 0.15) is 25.7 Å². The fourth-order valence-corrected chi connectivity index (χ4v) is 4.51. The maximum Gasteiger partial charge on any atom is 0.228 e. The van der Waals surface area contributed by atoms with E-state index in [0.717, 1.165) is 30.6 Å². The highest BCUT2D eigenvalue weighted by molar-refractivity contribution is 8.00. The van der Waals surface area contributed by atoms with Crippen molar-refractivity contribution in [2.75, 3.05) is 25.4 Å². The third-order valence-electron chi connectivity index (χ3n) is 4.15. The lowest BCUT2D eigenvalue weighted by Gasteiger charge is -2.45. The summed E-state index contributed by atoms with van der Waals surface area (Å²) < 4.78 is 0. The van der Waals surface area contributed by atoms with Gasteiger partial charge in [0.15, 0.2) is 0 Å². The van der Waals surface area contributed by atoms with E-state index in [4.69, 9.17) is 0 Å². The Morgan fingerprint density at radius 2 is 2.00 bits per heavy atom. The van der Waals surface area contributed by atoms with Crippen molar-refractivity contribution >= 4 is 30.1 Å². The van der Waals surface area contributed by atoms with Gasteiger partial charge in [-0.1, -0.05) is 12.8 Å². The van der Waals surface area contributed by atoms with Crippen LogP contribution in [0.3, 0.4) is 0 Å². The number of hydrogen-bond donors (Lipinski definition) is 1. The molecule has 1 saturated carbocycles. The first-order valence-electron chi connectivity index (χ1n) is 6.49. The van der Waals surface area contributed by atoms with Gasteiger partial charge in [0.25, 0.3) is 0 Å². The Labute approximate surface area is 113 Å². The molecule has 2 unspecified atom stereocenters. The van der Waals surface area contributed by atoms with E-state index in [9.17, 15) is 4.79 Å². The monoisotopic (exact) mass is 276 g/mol. The first-order chi connectivity index (χ1) is 7.86. The normalized spacial score (nSPS) is 33.3. The number of amides is 1. The highest BCUT2D eigenvalue weighted by Gasteiger charge is 2.39. The van der Waals surface area contributed by atoms with E-state index in [-0.39, 0.29) is 18.3 Å². The summed E-state index contributed by atoms with van der Waals surface area (Å²) in [4.78, 5) is 14.5. The number of nitrogens with zero attached hydrogens (tertiary/aromatic N) is 1. The average molecular weight is 277 g/mol. The van der Waals surface area contributed by atoms with Crippen LogP contribution in [-0.4, -0.2) is 47.5 Å². The Kier molecular flexibility index (Phi) is 4.61. The summed E-state index contributed by atoms with van der Waals surface area (Å²) >= 11 is 2.10. The van der Waals surface area contributed by atoms with Gasteiger partial charge in [0.1, 0.15) is 0 Å². The molecule has 98 valence electrons. The molecule has 2 saturated heterocycles. The number of carbonyl (C=O) groups excluding carboxylic acids is 1. The van der Waals surface area contributed by atoms with E-state index < -0.39 is 0 Å². The van der Waals surface area contributed by atoms with Gasteiger partial charge in [-0.2, -0.15) is 11.8 Å². The third kappa shape index (κ3) is 2.59. The molecule has 0 aromatic rings. The van der Waals surface area contributed by atoms with Crippen molar-refractivity contribution in [3.05, 3.63) is 0 Å². The molecule has 3 aliphatic rings. The van der Waals surface area contributed by atoms with E-state index >= 15 is 0 Å². The molecular formula is C12H21ClN2OS. The number of halogens is 1. The van der Waals surface area contributed by atoms with Crippen LogP contribution < -0.4 is 5.32 Å². The Balaban J connectivity index is 0.00000108. The number of fused-ring (bicyclic) bond motifs is 1. The van der Waals surface area contributed by atoms with Crippen molar-refractivity contribution in [2.24, 2.45) is 5.92 Å². The number of nitrogens with one attached hydrogen (secondary N) is 1. The molecule has 2 aliphatic heterocycles.